The van der Waals surface area contributed by atoms with Crippen LogP contribution >= 0.6 is 0 Å². The summed E-state index contributed by atoms with van der Waals surface area (Å²) in [4.78, 5) is 36.6. The standard InChI is InChI=1S/C20H20F2N2O4/c1-12(2)23-19(27)20(21,22)17(25)13-8-4-6-10-15(13)24-18(26)14-9-5-7-11-16(14)28-3/h4-12H,1-3H3,(H,23,27)(H,24,26). The lowest BCUT2D eigenvalue weighted by atomic mass is 10.0. The highest BCUT2D eigenvalue weighted by Gasteiger charge is 2.48. The van der Waals surface area contributed by atoms with E-state index >= 15 is 0 Å². The number of hydrogen-bond donors (Lipinski definition) is 2. The SMILES string of the molecule is COc1ccccc1C(=O)Nc1ccccc1C(=O)C(F)(F)C(=O)NC(C)C. The van der Waals surface area contributed by atoms with E-state index in [-0.39, 0.29) is 17.0 Å². The molecule has 2 amide bonds. The molecule has 2 rings (SSSR count). The average Bonchev–Trinajstić information content (AvgIpc) is 2.67. The van der Waals surface area contributed by atoms with E-state index in [0.717, 1.165) is 6.07 Å². The van der Waals surface area contributed by atoms with E-state index in [1.807, 2.05) is 5.32 Å². The van der Waals surface area contributed by atoms with Gasteiger partial charge in [-0.05, 0) is 38.1 Å². The van der Waals surface area contributed by atoms with E-state index in [1.165, 1.54) is 45.2 Å². The predicted molar refractivity (Wildman–Crippen MR) is 99.9 cm³/mol. The minimum absolute atomic E-state index is 0.138. The first-order valence-corrected chi connectivity index (χ1v) is 8.45. The molecule has 0 aliphatic heterocycles. The van der Waals surface area contributed by atoms with Crippen molar-refractivity contribution in [2.45, 2.75) is 25.8 Å². The number of halogens is 2. The molecule has 2 N–H and O–H groups in total. The minimum atomic E-state index is -4.28. The molecule has 0 heterocycles. The van der Waals surface area contributed by atoms with Gasteiger partial charge >= 0.3 is 5.92 Å². The molecule has 0 atom stereocenters. The first-order valence-electron chi connectivity index (χ1n) is 8.45. The van der Waals surface area contributed by atoms with Crippen LogP contribution in [0.1, 0.15) is 34.6 Å². The van der Waals surface area contributed by atoms with Gasteiger partial charge in [0.05, 0.1) is 18.4 Å². The molecule has 0 saturated carbocycles. The monoisotopic (exact) mass is 390 g/mol. The summed E-state index contributed by atoms with van der Waals surface area (Å²) in [6.07, 6.45) is 0. The molecule has 148 valence electrons. The highest BCUT2D eigenvalue weighted by atomic mass is 19.3. The molecule has 0 fully saturated rings. The van der Waals surface area contributed by atoms with E-state index in [2.05, 4.69) is 5.32 Å². The second kappa shape index (κ2) is 8.60. The lowest BCUT2D eigenvalue weighted by Crippen LogP contribution is -2.48. The summed E-state index contributed by atoms with van der Waals surface area (Å²) in [5.41, 5.74) is -0.452. The Hall–Kier alpha value is -3.29. The van der Waals surface area contributed by atoms with Crippen LogP contribution in [0.4, 0.5) is 14.5 Å². The van der Waals surface area contributed by atoms with Gasteiger partial charge in [-0.15, -0.1) is 0 Å². The first kappa shape index (κ1) is 21.0. The fourth-order valence-corrected chi connectivity index (χ4v) is 2.44. The number of benzene rings is 2. The number of nitrogens with one attached hydrogen (secondary N) is 2. The predicted octanol–water partition coefficient (Wildman–Crippen LogP) is 3.29. The van der Waals surface area contributed by atoms with Gasteiger partial charge in [-0.2, -0.15) is 8.78 Å². The molecule has 0 saturated heterocycles. The molecule has 0 radical (unpaired) electrons. The molecule has 0 aromatic heterocycles. The number of ketones is 1. The maximum absolute atomic E-state index is 14.3. The van der Waals surface area contributed by atoms with Crippen molar-refractivity contribution in [1.29, 1.82) is 0 Å². The normalized spacial score (nSPS) is 11.1. The molecule has 6 nitrogen and oxygen atoms in total. The highest BCUT2D eigenvalue weighted by molar-refractivity contribution is 6.19. The van der Waals surface area contributed by atoms with Gasteiger partial charge in [0.1, 0.15) is 5.75 Å². The van der Waals surface area contributed by atoms with E-state index in [4.69, 9.17) is 4.74 Å². The Kier molecular flexibility index (Phi) is 6.45. The number of methoxy groups -OCH3 is 1. The number of rotatable bonds is 7. The zero-order valence-electron chi connectivity index (χ0n) is 15.6. The van der Waals surface area contributed by atoms with Crippen molar-refractivity contribution < 1.29 is 27.9 Å². The number of para-hydroxylation sites is 2. The fraction of sp³-hybridized carbons (Fsp3) is 0.250. The number of carbonyl (C=O) groups excluding carboxylic acids is 3. The lowest BCUT2D eigenvalue weighted by molar-refractivity contribution is -0.139. The molecule has 2 aromatic carbocycles. The van der Waals surface area contributed by atoms with Gasteiger partial charge < -0.3 is 15.4 Å². The van der Waals surface area contributed by atoms with Gasteiger partial charge in [-0.1, -0.05) is 24.3 Å². The Bertz CT molecular complexity index is 897. The second-order valence-corrected chi connectivity index (χ2v) is 6.23. The van der Waals surface area contributed by atoms with Crippen LogP contribution in [0.2, 0.25) is 0 Å². The summed E-state index contributed by atoms with van der Waals surface area (Å²) >= 11 is 0. The highest BCUT2D eigenvalue weighted by Crippen LogP contribution is 2.27. The van der Waals surface area contributed by atoms with Crippen molar-refractivity contribution in [2.75, 3.05) is 12.4 Å². The van der Waals surface area contributed by atoms with Gasteiger partial charge in [0.15, 0.2) is 0 Å². The Morgan fingerprint density at radius 3 is 2.14 bits per heavy atom. The number of amides is 2. The van der Waals surface area contributed by atoms with E-state index in [9.17, 15) is 23.2 Å². The van der Waals surface area contributed by atoms with Crippen LogP contribution in [-0.4, -0.2) is 36.7 Å². The maximum Gasteiger partial charge on any atom is 0.386 e. The fourth-order valence-electron chi connectivity index (χ4n) is 2.44. The van der Waals surface area contributed by atoms with Crippen LogP contribution in [0.3, 0.4) is 0 Å². The largest absolute Gasteiger partial charge is 0.496 e. The molecule has 0 spiro atoms. The number of Topliss-reactive ketones (excluding diaryl/α,β-unsaturated/α-hetero) is 1. The second-order valence-electron chi connectivity index (χ2n) is 6.23. The Morgan fingerprint density at radius 2 is 1.54 bits per heavy atom. The molecule has 0 aliphatic rings. The van der Waals surface area contributed by atoms with Crippen molar-refractivity contribution in [3.05, 3.63) is 59.7 Å². The zero-order chi connectivity index (χ0) is 20.9. The Morgan fingerprint density at radius 1 is 0.964 bits per heavy atom. The molecule has 0 unspecified atom stereocenters. The number of ether oxygens (including phenoxy) is 1. The van der Waals surface area contributed by atoms with Crippen molar-refractivity contribution in [1.82, 2.24) is 5.32 Å². The smallest absolute Gasteiger partial charge is 0.386 e. The third-order valence-electron chi connectivity index (χ3n) is 3.76. The van der Waals surface area contributed by atoms with E-state index in [1.54, 1.807) is 18.2 Å². The molecule has 2 aromatic rings. The third-order valence-corrected chi connectivity index (χ3v) is 3.76. The van der Waals surface area contributed by atoms with Crippen LogP contribution < -0.4 is 15.4 Å². The van der Waals surface area contributed by atoms with Gasteiger partial charge in [-0.3, -0.25) is 14.4 Å². The van der Waals surface area contributed by atoms with Crippen LogP contribution in [0.15, 0.2) is 48.5 Å². The molecule has 8 heteroatoms. The van der Waals surface area contributed by atoms with Crippen LogP contribution in [-0.2, 0) is 4.79 Å². The van der Waals surface area contributed by atoms with Crippen molar-refractivity contribution in [2.24, 2.45) is 0 Å². The van der Waals surface area contributed by atoms with Gasteiger partial charge in [0.2, 0.25) is 5.78 Å². The molecular weight excluding hydrogens is 370 g/mol. The topological polar surface area (TPSA) is 84.5 Å². The third kappa shape index (κ3) is 4.51. The number of anilines is 1. The number of hydrogen-bond acceptors (Lipinski definition) is 4. The number of carbonyl (C=O) groups is 3. The van der Waals surface area contributed by atoms with Gasteiger partial charge in [-0.25, -0.2) is 0 Å². The Balaban J connectivity index is 2.33. The molecule has 0 bridgehead atoms. The first-order chi connectivity index (χ1) is 13.2. The van der Waals surface area contributed by atoms with Crippen molar-refractivity contribution >= 4 is 23.3 Å². The van der Waals surface area contributed by atoms with Crippen LogP contribution in [0.25, 0.3) is 0 Å². The summed E-state index contributed by atoms with van der Waals surface area (Å²) in [6.45, 7) is 3.00. The zero-order valence-corrected chi connectivity index (χ0v) is 15.6. The van der Waals surface area contributed by atoms with Crippen LogP contribution in [0.5, 0.6) is 5.75 Å². The van der Waals surface area contributed by atoms with Crippen molar-refractivity contribution in [3.63, 3.8) is 0 Å². The quantitative estimate of drug-likeness (QED) is 0.561. The van der Waals surface area contributed by atoms with E-state index in [0.29, 0.717) is 0 Å². The number of alkyl halides is 2. The lowest BCUT2D eigenvalue weighted by Gasteiger charge is -2.18. The summed E-state index contributed by atoms with van der Waals surface area (Å²) in [6, 6.07) is 11.0. The summed E-state index contributed by atoms with van der Waals surface area (Å²) < 4.78 is 33.7. The van der Waals surface area contributed by atoms with Crippen molar-refractivity contribution in [3.8, 4) is 5.75 Å². The molecule has 0 aliphatic carbocycles. The Labute approximate surface area is 160 Å². The molecule has 28 heavy (non-hydrogen) atoms. The minimum Gasteiger partial charge on any atom is -0.496 e. The van der Waals surface area contributed by atoms with Crippen LogP contribution in [0, 0.1) is 0 Å². The van der Waals surface area contributed by atoms with E-state index < -0.39 is 35.1 Å². The summed E-state index contributed by atoms with van der Waals surface area (Å²) in [5, 5.41) is 4.45. The van der Waals surface area contributed by atoms with Gasteiger partial charge in [0, 0.05) is 11.6 Å². The van der Waals surface area contributed by atoms with Gasteiger partial charge in [0.25, 0.3) is 11.8 Å². The summed E-state index contributed by atoms with van der Waals surface area (Å²) in [5.74, 6) is -8.05. The maximum atomic E-state index is 14.3. The summed E-state index contributed by atoms with van der Waals surface area (Å²) in [7, 11) is 1.39. The average molecular weight is 390 g/mol. The molecular formula is C20H20F2N2O4.